The van der Waals surface area contributed by atoms with Gasteiger partial charge in [-0.3, -0.25) is 9.36 Å². The van der Waals surface area contributed by atoms with Crippen molar-refractivity contribution in [3.05, 3.63) is 65.3 Å². The van der Waals surface area contributed by atoms with E-state index < -0.39 is 19.4 Å². The average Bonchev–Trinajstić information content (AvgIpc) is 3.60. The minimum atomic E-state index is -3.84. The first kappa shape index (κ1) is 23.9. The molecular formula is C20H23N8O4PS. The van der Waals surface area contributed by atoms with Crippen molar-refractivity contribution in [1.29, 1.82) is 0 Å². The molecule has 0 spiro atoms. The van der Waals surface area contributed by atoms with Gasteiger partial charge in [0.2, 0.25) is 11.7 Å². The van der Waals surface area contributed by atoms with E-state index in [1.54, 1.807) is 44.2 Å². The predicted octanol–water partition coefficient (Wildman–Crippen LogP) is 3.19. The van der Waals surface area contributed by atoms with Gasteiger partial charge < -0.3 is 14.4 Å². The van der Waals surface area contributed by atoms with E-state index in [2.05, 4.69) is 31.0 Å². The number of nitrogens with zero attached hydrogens (tertiary/aromatic N) is 7. The van der Waals surface area contributed by atoms with E-state index >= 15 is 0 Å². The highest BCUT2D eigenvalue weighted by Crippen LogP contribution is 2.57. The minimum Gasteiger partial charge on any atom is -0.320 e. The van der Waals surface area contributed by atoms with Crippen LogP contribution in [0.4, 0.5) is 0 Å². The third-order valence-corrected chi connectivity index (χ3v) is 7.59. The fourth-order valence-corrected chi connectivity index (χ4v) is 5.49. The Balaban J connectivity index is 1.59. The maximum atomic E-state index is 13.6. The van der Waals surface area contributed by atoms with Gasteiger partial charge in [0, 0.05) is 5.56 Å². The molecule has 34 heavy (non-hydrogen) atoms. The fourth-order valence-electron chi connectivity index (χ4n) is 3.08. The summed E-state index contributed by atoms with van der Waals surface area (Å²) < 4.78 is 25.8. The van der Waals surface area contributed by atoms with Crippen molar-refractivity contribution in [3.8, 4) is 10.7 Å². The molecule has 0 aliphatic rings. The lowest BCUT2D eigenvalue weighted by molar-refractivity contribution is 0.0917. The Morgan fingerprint density at radius 3 is 2.53 bits per heavy atom. The number of carbonyl (C=O) groups is 1. The average molecular weight is 502 g/mol. The molecule has 4 rings (SSSR count). The zero-order chi connectivity index (χ0) is 24.0. The van der Waals surface area contributed by atoms with E-state index in [1.165, 1.54) is 27.0 Å². The summed E-state index contributed by atoms with van der Waals surface area (Å²) in [6.07, 6.45) is 1.54. The fraction of sp³-hybridized carbons (Fsp3) is 0.300. The van der Waals surface area contributed by atoms with Crippen molar-refractivity contribution in [2.75, 3.05) is 13.2 Å². The number of nitrogens with one attached hydrogen (secondary N) is 1. The number of aromatic nitrogens is 7. The summed E-state index contributed by atoms with van der Waals surface area (Å²) >= 11 is 1.51. The zero-order valence-corrected chi connectivity index (χ0v) is 20.2. The van der Waals surface area contributed by atoms with Crippen LogP contribution in [0, 0.1) is 0 Å². The highest BCUT2D eigenvalue weighted by Gasteiger charge is 2.39. The van der Waals surface area contributed by atoms with E-state index in [0.717, 1.165) is 4.88 Å². The molecule has 1 unspecified atom stereocenters. The Hall–Kier alpha value is -3.25. The number of benzene rings is 1. The smallest absolute Gasteiger partial charge is 0.320 e. The molecule has 1 amide bonds. The first-order valence-electron chi connectivity index (χ1n) is 10.5. The molecule has 12 nitrogen and oxygen atoms in total. The van der Waals surface area contributed by atoms with Crippen LogP contribution in [-0.2, 0) is 20.2 Å². The topological polar surface area (TPSA) is 139 Å². The third-order valence-electron chi connectivity index (χ3n) is 4.52. The van der Waals surface area contributed by atoms with E-state index in [1.807, 2.05) is 17.5 Å². The molecule has 3 aromatic heterocycles. The molecule has 1 N–H and O–H groups in total. The summed E-state index contributed by atoms with van der Waals surface area (Å²) in [5, 5.41) is 25.3. The zero-order valence-electron chi connectivity index (χ0n) is 18.5. The number of carbonyl (C=O) groups excluding carboxylic acids is 1. The van der Waals surface area contributed by atoms with Crippen molar-refractivity contribution >= 4 is 24.8 Å². The molecule has 1 aromatic carbocycles. The molecular weight excluding hydrogens is 479 g/mol. The molecule has 0 aliphatic heterocycles. The molecule has 14 heteroatoms. The van der Waals surface area contributed by atoms with Crippen LogP contribution in [0.25, 0.3) is 10.7 Å². The molecule has 0 aliphatic carbocycles. The van der Waals surface area contributed by atoms with Crippen LogP contribution < -0.4 is 5.32 Å². The molecule has 4 aromatic rings. The van der Waals surface area contributed by atoms with Gasteiger partial charge in [0.1, 0.15) is 12.2 Å². The number of tetrazole rings is 1. The van der Waals surface area contributed by atoms with Crippen LogP contribution in [0.15, 0.2) is 54.0 Å². The normalized spacial score (nSPS) is 12.5. The second kappa shape index (κ2) is 10.8. The SMILES string of the molecule is CCOP(=O)(OCC)C(NC(=O)c1ccccc1)n1cc(Cn2nnc(-c3cccs3)n2)nn1. The maximum Gasteiger partial charge on any atom is 0.375 e. The maximum absolute atomic E-state index is 13.6. The molecule has 0 saturated heterocycles. The van der Waals surface area contributed by atoms with Gasteiger partial charge in [0.05, 0.1) is 24.3 Å². The van der Waals surface area contributed by atoms with Crippen molar-refractivity contribution in [2.24, 2.45) is 0 Å². The second-order valence-electron chi connectivity index (χ2n) is 6.90. The second-order valence-corrected chi connectivity index (χ2v) is 9.93. The third kappa shape index (κ3) is 5.45. The number of hydrogen-bond acceptors (Lipinski definition) is 10. The molecule has 0 bridgehead atoms. The van der Waals surface area contributed by atoms with Crippen LogP contribution in [0.5, 0.6) is 0 Å². The Kier molecular flexibility index (Phi) is 7.58. The van der Waals surface area contributed by atoms with Gasteiger partial charge >= 0.3 is 7.60 Å². The quantitative estimate of drug-likeness (QED) is 0.306. The van der Waals surface area contributed by atoms with Gasteiger partial charge in [-0.05, 0) is 42.6 Å². The molecule has 3 heterocycles. The van der Waals surface area contributed by atoms with Gasteiger partial charge in [-0.2, -0.15) is 4.80 Å². The Bertz CT molecular complexity index is 1250. The van der Waals surface area contributed by atoms with E-state index in [0.29, 0.717) is 17.1 Å². The summed E-state index contributed by atoms with van der Waals surface area (Å²) in [5.41, 5.74) is 0.856. The predicted molar refractivity (Wildman–Crippen MR) is 124 cm³/mol. The molecule has 178 valence electrons. The van der Waals surface area contributed by atoms with Gasteiger partial charge in [-0.15, -0.1) is 26.6 Å². The van der Waals surface area contributed by atoms with Gasteiger partial charge in [0.15, 0.2) is 0 Å². The molecule has 0 fully saturated rings. The Morgan fingerprint density at radius 1 is 1.09 bits per heavy atom. The Labute approximate surface area is 199 Å². The van der Waals surface area contributed by atoms with Gasteiger partial charge in [-0.25, -0.2) is 4.68 Å². The lowest BCUT2D eigenvalue weighted by Gasteiger charge is -2.26. The summed E-state index contributed by atoms with van der Waals surface area (Å²) in [6, 6.07) is 12.4. The number of hydrogen-bond donors (Lipinski definition) is 1. The van der Waals surface area contributed by atoms with Crippen molar-refractivity contribution in [2.45, 2.75) is 26.3 Å². The lowest BCUT2D eigenvalue weighted by atomic mass is 10.2. The summed E-state index contributed by atoms with van der Waals surface area (Å²) in [6.45, 7) is 3.78. The van der Waals surface area contributed by atoms with Crippen LogP contribution in [0.2, 0.25) is 0 Å². The summed E-state index contributed by atoms with van der Waals surface area (Å²) in [5.74, 6) is -1.18. The van der Waals surface area contributed by atoms with Crippen LogP contribution in [-0.4, -0.2) is 54.3 Å². The monoisotopic (exact) mass is 502 g/mol. The van der Waals surface area contributed by atoms with Gasteiger partial charge in [-0.1, -0.05) is 29.5 Å². The standard InChI is InChI=1S/C20H23N8O4PS/c1-3-31-33(30,32-4-2)20(21-19(29)15-9-6-5-7-10-15)27-13-16(22-25-27)14-28-24-18(23-26-28)17-11-8-12-34-17/h5-13,20H,3-4,14H2,1-2H3,(H,21,29). The molecule has 0 saturated carbocycles. The number of amides is 1. The van der Waals surface area contributed by atoms with E-state index in [-0.39, 0.29) is 19.8 Å². The highest BCUT2D eigenvalue weighted by atomic mass is 32.1. The van der Waals surface area contributed by atoms with Crippen molar-refractivity contribution in [1.82, 2.24) is 40.5 Å². The number of rotatable bonds is 11. The summed E-state index contributed by atoms with van der Waals surface area (Å²) in [4.78, 5) is 15.1. The van der Waals surface area contributed by atoms with Crippen LogP contribution in [0.3, 0.4) is 0 Å². The van der Waals surface area contributed by atoms with Crippen molar-refractivity contribution < 1.29 is 18.4 Å². The van der Waals surface area contributed by atoms with Crippen LogP contribution in [0.1, 0.15) is 35.8 Å². The van der Waals surface area contributed by atoms with E-state index in [9.17, 15) is 9.36 Å². The number of thiophene rings is 1. The van der Waals surface area contributed by atoms with E-state index in [4.69, 9.17) is 9.05 Å². The first-order valence-corrected chi connectivity index (χ1v) is 13.0. The molecule has 0 radical (unpaired) electrons. The first-order chi connectivity index (χ1) is 16.5. The highest BCUT2D eigenvalue weighted by molar-refractivity contribution is 7.53. The van der Waals surface area contributed by atoms with Crippen LogP contribution >= 0.6 is 18.9 Å². The lowest BCUT2D eigenvalue weighted by Crippen LogP contribution is -2.34. The minimum absolute atomic E-state index is 0.116. The Morgan fingerprint density at radius 2 is 1.85 bits per heavy atom. The largest absolute Gasteiger partial charge is 0.375 e. The molecule has 1 atom stereocenters. The van der Waals surface area contributed by atoms with Crippen molar-refractivity contribution in [3.63, 3.8) is 0 Å². The summed E-state index contributed by atoms with van der Waals surface area (Å²) in [7, 11) is -3.84. The van der Waals surface area contributed by atoms with Gasteiger partial charge in [0.25, 0.3) is 5.91 Å².